The molecule has 0 unspecified atom stereocenters. The molecule has 2 aromatic heterocycles. The minimum atomic E-state index is 0.749. The Morgan fingerprint density at radius 2 is 2.25 bits per heavy atom. The van der Waals surface area contributed by atoms with Crippen LogP contribution in [0.4, 0.5) is 5.82 Å². The highest BCUT2D eigenvalue weighted by Crippen LogP contribution is 2.29. The van der Waals surface area contributed by atoms with Crippen LogP contribution in [0.2, 0.25) is 0 Å². The molecule has 0 saturated heterocycles. The van der Waals surface area contributed by atoms with Crippen LogP contribution in [-0.4, -0.2) is 33.5 Å². The zero-order valence-electron chi connectivity index (χ0n) is 8.67. The largest absolute Gasteiger partial charge is 0.373 e. The lowest BCUT2D eigenvalue weighted by Crippen LogP contribution is -1.96. The van der Waals surface area contributed by atoms with Crippen molar-refractivity contribution < 1.29 is 0 Å². The topological polar surface area (TPSA) is 63.6 Å². The minimum absolute atomic E-state index is 0.749. The Hall–Kier alpha value is -0.860. The normalized spacial score (nSPS) is 10.4. The van der Waals surface area contributed by atoms with Gasteiger partial charge in [-0.1, -0.05) is 23.1 Å². The Morgan fingerprint density at radius 3 is 2.88 bits per heavy atom. The van der Waals surface area contributed by atoms with Crippen LogP contribution in [0.25, 0.3) is 0 Å². The molecular weight excluding hydrogens is 262 g/mol. The maximum atomic E-state index is 4.39. The Labute approximate surface area is 106 Å². The van der Waals surface area contributed by atoms with E-state index in [1.165, 1.54) is 34.9 Å². The fourth-order valence-corrected chi connectivity index (χ4v) is 2.84. The molecule has 0 spiro atoms. The second kappa shape index (κ2) is 5.46. The van der Waals surface area contributed by atoms with Crippen LogP contribution in [-0.2, 0) is 0 Å². The fourth-order valence-electron chi connectivity index (χ4n) is 0.972. The van der Waals surface area contributed by atoms with E-state index in [1.807, 2.05) is 19.4 Å². The molecule has 16 heavy (non-hydrogen) atoms. The summed E-state index contributed by atoms with van der Waals surface area (Å²) in [6.45, 7) is 0. The minimum Gasteiger partial charge on any atom is -0.373 e. The number of rotatable bonds is 4. The van der Waals surface area contributed by atoms with Gasteiger partial charge in [-0.15, -0.1) is 10.2 Å². The number of anilines is 1. The van der Waals surface area contributed by atoms with Gasteiger partial charge in [-0.05, 0) is 18.0 Å². The van der Waals surface area contributed by atoms with Crippen molar-refractivity contribution in [3.63, 3.8) is 0 Å². The number of nitrogens with zero attached hydrogens (tertiary/aromatic N) is 4. The van der Waals surface area contributed by atoms with Crippen LogP contribution >= 0.6 is 34.9 Å². The first-order valence-corrected chi connectivity index (χ1v) is 7.28. The second-order valence-corrected chi connectivity index (χ2v) is 5.51. The standard InChI is InChI=1S/C8H9N5S3/c1-9-5-3-6(12-7(11-5)14-2)16-8-13-10-4-15-8/h3-4H,1-2H3,(H,9,11,12). The molecule has 8 heteroatoms. The van der Waals surface area contributed by atoms with Crippen molar-refractivity contribution in [2.45, 2.75) is 14.5 Å². The van der Waals surface area contributed by atoms with E-state index in [0.29, 0.717) is 0 Å². The Kier molecular flexibility index (Phi) is 3.97. The number of hydrogen-bond donors (Lipinski definition) is 1. The zero-order valence-corrected chi connectivity index (χ0v) is 11.1. The maximum absolute atomic E-state index is 4.39. The van der Waals surface area contributed by atoms with Crippen LogP contribution in [0.1, 0.15) is 0 Å². The molecular formula is C8H9N5S3. The molecule has 0 aromatic carbocycles. The van der Waals surface area contributed by atoms with Gasteiger partial charge in [0.1, 0.15) is 16.4 Å². The predicted molar refractivity (Wildman–Crippen MR) is 67.4 cm³/mol. The van der Waals surface area contributed by atoms with E-state index < -0.39 is 0 Å². The summed E-state index contributed by atoms with van der Waals surface area (Å²) in [5.74, 6) is 0.811. The first kappa shape index (κ1) is 11.6. The van der Waals surface area contributed by atoms with Gasteiger partial charge in [0.15, 0.2) is 9.50 Å². The zero-order chi connectivity index (χ0) is 11.4. The maximum Gasteiger partial charge on any atom is 0.190 e. The molecule has 0 aliphatic heterocycles. The summed E-state index contributed by atoms with van der Waals surface area (Å²) in [6, 6.07) is 1.89. The summed E-state index contributed by atoms with van der Waals surface area (Å²) in [5.41, 5.74) is 1.71. The molecule has 5 nitrogen and oxygen atoms in total. The Morgan fingerprint density at radius 1 is 1.38 bits per heavy atom. The van der Waals surface area contributed by atoms with E-state index in [9.17, 15) is 0 Å². The van der Waals surface area contributed by atoms with E-state index >= 15 is 0 Å². The molecule has 2 heterocycles. The summed E-state index contributed by atoms with van der Waals surface area (Å²) in [4.78, 5) is 8.68. The van der Waals surface area contributed by atoms with Gasteiger partial charge < -0.3 is 5.32 Å². The lowest BCUT2D eigenvalue weighted by Gasteiger charge is -2.04. The molecule has 0 radical (unpaired) electrons. The van der Waals surface area contributed by atoms with E-state index in [-0.39, 0.29) is 0 Å². The monoisotopic (exact) mass is 271 g/mol. The molecule has 2 rings (SSSR count). The van der Waals surface area contributed by atoms with Crippen molar-refractivity contribution >= 4 is 40.7 Å². The summed E-state index contributed by atoms with van der Waals surface area (Å²) < 4.78 is 0.882. The average Bonchev–Trinajstić information content (AvgIpc) is 2.81. The van der Waals surface area contributed by atoms with Gasteiger partial charge in [-0.3, -0.25) is 0 Å². The summed E-state index contributed by atoms with van der Waals surface area (Å²) in [6.07, 6.45) is 1.95. The third-order valence-corrected chi connectivity index (χ3v) is 3.90. The van der Waals surface area contributed by atoms with Crippen LogP contribution in [0.15, 0.2) is 26.1 Å². The Balaban J connectivity index is 2.26. The Bertz CT molecular complexity index is 436. The number of thioether (sulfide) groups is 1. The quantitative estimate of drug-likeness (QED) is 0.520. The third-order valence-electron chi connectivity index (χ3n) is 1.65. The molecule has 0 atom stereocenters. The van der Waals surface area contributed by atoms with Crippen LogP contribution in [0, 0.1) is 0 Å². The van der Waals surface area contributed by atoms with Crippen molar-refractivity contribution in [1.82, 2.24) is 20.2 Å². The lowest BCUT2D eigenvalue weighted by atomic mass is 10.6. The van der Waals surface area contributed by atoms with E-state index in [4.69, 9.17) is 0 Å². The third kappa shape index (κ3) is 2.83. The molecule has 0 amide bonds. The van der Waals surface area contributed by atoms with Gasteiger partial charge in [-0.2, -0.15) is 0 Å². The van der Waals surface area contributed by atoms with Gasteiger partial charge in [0.05, 0.1) is 0 Å². The van der Waals surface area contributed by atoms with Crippen LogP contribution in [0.5, 0.6) is 0 Å². The second-order valence-electron chi connectivity index (χ2n) is 2.63. The number of hydrogen-bond acceptors (Lipinski definition) is 8. The van der Waals surface area contributed by atoms with Crippen molar-refractivity contribution in [2.75, 3.05) is 18.6 Å². The SMILES string of the molecule is CNc1cc(Sc2nncs2)nc(SC)n1. The van der Waals surface area contributed by atoms with Gasteiger partial charge >= 0.3 is 0 Å². The van der Waals surface area contributed by atoms with Crippen LogP contribution < -0.4 is 5.32 Å². The van der Waals surface area contributed by atoms with E-state index in [1.54, 1.807) is 5.51 Å². The highest BCUT2D eigenvalue weighted by atomic mass is 32.2. The molecule has 0 aliphatic carbocycles. The molecule has 84 valence electrons. The van der Waals surface area contributed by atoms with Crippen molar-refractivity contribution in [1.29, 1.82) is 0 Å². The van der Waals surface area contributed by atoms with E-state index in [2.05, 4.69) is 25.5 Å². The van der Waals surface area contributed by atoms with Gasteiger partial charge in [0.25, 0.3) is 0 Å². The first-order chi connectivity index (χ1) is 7.81. The van der Waals surface area contributed by atoms with Crippen molar-refractivity contribution in [3.8, 4) is 0 Å². The molecule has 0 aliphatic rings. The van der Waals surface area contributed by atoms with Gasteiger partial charge in [-0.25, -0.2) is 9.97 Å². The van der Waals surface area contributed by atoms with E-state index in [0.717, 1.165) is 20.3 Å². The highest BCUT2D eigenvalue weighted by Gasteiger charge is 2.06. The first-order valence-electron chi connectivity index (χ1n) is 4.36. The fraction of sp³-hybridized carbons (Fsp3) is 0.250. The smallest absolute Gasteiger partial charge is 0.190 e. The number of nitrogens with one attached hydrogen (secondary N) is 1. The molecule has 0 saturated carbocycles. The summed E-state index contributed by atoms with van der Waals surface area (Å²) in [7, 11) is 1.84. The number of aromatic nitrogens is 4. The van der Waals surface area contributed by atoms with Crippen molar-refractivity contribution in [2.24, 2.45) is 0 Å². The molecule has 1 N–H and O–H groups in total. The molecule has 0 bridgehead atoms. The molecule has 2 aromatic rings. The summed E-state index contributed by atoms with van der Waals surface area (Å²) >= 11 is 4.51. The summed E-state index contributed by atoms with van der Waals surface area (Å²) in [5, 5.41) is 12.4. The predicted octanol–water partition coefficient (Wildman–Crippen LogP) is 2.24. The van der Waals surface area contributed by atoms with Gasteiger partial charge in [0, 0.05) is 13.1 Å². The molecule has 0 fully saturated rings. The van der Waals surface area contributed by atoms with Crippen LogP contribution in [0.3, 0.4) is 0 Å². The lowest BCUT2D eigenvalue weighted by molar-refractivity contribution is 0.895. The highest BCUT2D eigenvalue weighted by molar-refractivity contribution is 8.01. The van der Waals surface area contributed by atoms with Gasteiger partial charge in [0.2, 0.25) is 0 Å². The van der Waals surface area contributed by atoms with Crippen molar-refractivity contribution in [3.05, 3.63) is 11.6 Å². The average molecular weight is 271 g/mol.